The lowest BCUT2D eigenvalue weighted by Crippen LogP contribution is -2.34. The van der Waals surface area contributed by atoms with Crippen molar-refractivity contribution in [3.05, 3.63) is 35.4 Å². The van der Waals surface area contributed by atoms with Gasteiger partial charge in [0.15, 0.2) is 5.84 Å². The minimum Gasteiger partial charge on any atom is -0.444 e. The number of nitrogens with one attached hydrogen (secondary N) is 1. The molecule has 1 atom stereocenters. The number of nitrogens with zero attached hydrogens (tertiary/aromatic N) is 1. The Labute approximate surface area is 118 Å². The van der Waals surface area contributed by atoms with Crippen LogP contribution in [0, 0.1) is 0 Å². The van der Waals surface area contributed by atoms with Gasteiger partial charge in [0.05, 0.1) is 6.04 Å². The molecule has 0 aliphatic heterocycles. The number of alkyl carbamates (subject to hydrolysis) is 1. The third-order valence-electron chi connectivity index (χ3n) is 2.55. The first-order valence-corrected chi connectivity index (χ1v) is 6.30. The Morgan fingerprint density at radius 1 is 1.35 bits per heavy atom. The summed E-state index contributed by atoms with van der Waals surface area (Å²) in [4.78, 5) is 11.7. The zero-order valence-corrected chi connectivity index (χ0v) is 12.2. The summed E-state index contributed by atoms with van der Waals surface area (Å²) in [5.74, 6) is 0.0457. The van der Waals surface area contributed by atoms with E-state index in [1.54, 1.807) is 24.3 Å². The summed E-state index contributed by atoms with van der Waals surface area (Å²) < 4.78 is 5.19. The number of carbonyl (C=O) groups is 1. The first kappa shape index (κ1) is 15.8. The molecule has 6 nitrogen and oxygen atoms in total. The second-order valence-corrected chi connectivity index (χ2v) is 5.48. The van der Waals surface area contributed by atoms with E-state index in [0.29, 0.717) is 5.56 Å². The monoisotopic (exact) mass is 279 g/mol. The highest BCUT2D eigenvalue weighted by Crippen LogP contribution is 2.15. The van der Waals surface area contributed by atoms with Crippen LogP contribution in [0.3, 0.4) is 0 Å². The maximum Gasteiger partial charge on any atom is 0.408 e. The summed E-state index contributed by atoms with van der Waals surface area (Å²) >= 11 is 0. The van der Waals surface area contributed by atoms with Gasteiger partial charge in [0.1, 0.15) is 5.60 Å². The van der Waals surface area contributed by atoms with Gasteiger partial charge >= 0.3 is 6.09 Å². The smallest absolute Gasteiger partial charge is 0.408 e. The maximum absolute atomic E-state index is 11.7. The van der Waals surface area contributed by atoms with Crippen LogP contribution in [0.5, 0.6) is 0 Å². The topological polar surface area (TPSA) is 96.9 Å². The average molecular weight is 279 g/mol. The molecule has 0 aliphatic carbocycles. The van der Waals surface area contributed by atoms with Gasteiger partial charge < -0.3 is 21.0 Å². The van der Waals surface area contributed by atoms with Crippen molar-refractivity contribution >= 4 is 11.9 Å². The SMILES string of the molecule is CC(NC(=O)OC(C)(C)C)c1ccc(/C(N)=N\O)cc1. The van der Waals surface area contributed by atoms with Gasteiger partial charge in [0, 0.05) is 5.56 Å². The molecule has 0 fully saturated rings. The van der Waals surface area contributed by atoms with Crippen molar-refractivity contribution in [1.29, 1.82) is 0 Å². The van der Waals surface area contributed by atoms with Crippen LogP contribution in [0.25, 0.3) is 0 Å². The van der Waals surface area contributed by atoms with E-state index in [2.05, 4.69) is 10.5 Å². The van der Waals surface area contributed by atoms with Gasteiger partial charge in [-0.15, -0.1) is 0 Å². The predicted molar refractivity (Wildman–Crippen MR) is 76.7 cm³/mol. The number of amides is 1. The number of oxime groups is 1. The van der Waals surface area contributed by atoms with E-state index in [0.717, 1.165) is 5.56 Å². The largest absolute Gasteiger partial charge is 0.444 e. The molecule has 0 spiro atoms. The van der Waals surface area contributed by atoms with Crippen LogP contribution in [-0.2, 0) is 4.74 Å². The van der Waals surface area contributed by atoms with Crippen LogP contribution in [0.15, 0.2) is 29.4 Å². The van der Waals surface area contributed by atoms with Crippen molar-refractivity contribution in [2.24, 2.45) is 10.9 Å². The van der Waals surface area contributed by atoms with Crippen molar-refractivity contribution < 1.29 is 14.7 Å². The summed E-state index contributed by atoms with van der Waals surface area (Å²) in [6.07, 6.45) is -0.467. The molecule has 0 saturated carbocycles. The van der Waals surface area contributed by atoms with Crippen molar-refractivity contribution in [2.45, 2.75) is 39.3 Å². The number of amidine groups is 1. The highest BCUT2D eigenvalue weighted by Gasteiger charge is 2.18. The minimum absolute atomic E-state index is 0.0457. The molecular formula is C14H21N3O3. The fourth-order valence-corrected chi connectivity index (χ4v) is 1.57. The van der Waals surface area contributed by atoms with Gasteiger partial charge in [0.2, 0.25) is 0 Å². The molecule has 4 N–H and O–H groups in total. The van der Waals surface area contributed by atoms with Gasteiger partial charge in [-0.3, -0.25) is 0 Å². The van der Waals surface area contributed by atoms with Crippen molar-refractivity contribution in [2.75, 3.05) is 0 Å². The zero-order valence-electron chi connectivity index (χ0n) is 12.2. The van der Waals surface area contributed by atoms with Crippen LogP contribution in [0.1, 0.15) is 44.9 Å². The van der Waals surface area contributed by atoms with E-state index in [9.17, 15) is 4.79 Å². The Hall–Kier alpha value is -2.24. The molecule has 0 heterocycles. The lowest BCUT2D eigenvalue weighted by molar-refractivity contribution is 0.0508. The van der Waals surface area contributed by atoms with Crippen LogP contribution in [0.2, 0.25) is 0 Å². The quantitative estimate of drug-likeness (QED) is 0.342. The molecule has 1 amide bonds. The number of carbonyl (C=O) groups excluding carboxylic acids is 1. The third kappa shape index (κ3) is 4.79. The van der Waals surface area contributed by atoms with Crippen LogP contribution in [0.4, 0.5) is 4.79 Å². The molecule has 0 aromatic heterocycles. The fourth-order valence-electron chi connectivity index (χ4n) is 1.57. The van der Waals surface area contributed by atoms with E-state index >= 15 is 0 Å². The number of nitrogens with two attached hydrogens (primary N) is 1. The van der Waals surface area contributed by atoms with Gasteiger partial charge in [-0.2, -0.15) is 0 Å². The molecule has 0 aliphatic rings. The van der Waals surface area contributed by atoms with Crippen molar-refractivity contribution in [3.8, 4) is 0 Å². The summed E-state index contributed by atoms with van der Waals surface area (Å²) in [6, 6.07) is 6.84. The lowest BCUT2D eigenvalue weighted by Gasteiger charge is -2.22. The Balaban J connectivity index is 2.69. The Morgan fingerprint density at radius 3 is 2.35 bits per heavy atom. The molecular weight excluding hydrogens is 258 g/mol. The molecule has 1 aromatic rings. The molecule has 1 rings (SSSR count). The number of ether oxygens (including phenoxy) is 1. The second kappa shape index (κ2) is 6.27. The average Bonchev–Trinajstić information content (AvgIpc) is 2.35. The summed E-state index contributed by atoms with van der Waals surface area (Å²) in [5, 5.41) is 14.3. The first-order valence-electron chi connectivity index (χ1n) is 6.30. The van der Waals surface area contributed by atoms with E-state index in [1.807, 2.05) is 27.7 Å². The van der Waals surface area contributed by atoms with Gasteiger partial charge in [-0.1, -0.05) is 29.4 Å². The molecule has 0 radical (unpaired) electrons. The highest BCUT2D eigenvalue weighted by molar-refractivity contribution is 5.96. The summed E-state index contributed by atoms with van der Waals surface area (Å²) in [6.45, 7) is 7.28. The lowest BCUT2D eigenvalue weighted by atomic mass is 10.1. The fraction of sp³-hybridized carbons (Fsp3) is 0.429. The molecule has 1 unspecified atom stereocenters. The van der Waals surface area contributed by atoms with Gasteiger partial charge in [-0.05, 0) is 33.3 Å². The number of benzene rings is 1. The Kier molecular flexibility index (Phi) is 4.96. The highest BCUT2D eigenvalue weighted by atomic mass is 16.6. The second-order valence-electron chi connectivity index (χ2n) is 5.48. The van der Waals surface area contributed by atoms with Crippen LogP contribution >= 0.6 is 0 Å². The zero-order chi connectivity index (χ0) is 15.3. The molecule has 20 heavy (non-hydrogen) atoms. The molecule has 6 heteroatoms. The molecule has 0 bridgehead atoms. The summed E-state index contributed by atoms with van der Waals surface area (Å²) in [5.41, 5.74) is 6.46. The van der Waals surface area contributed by atoms with E-state index in [4.69, 9.17) is 15.7 Å². The van der Waals surface area contributed by atoms with E-state index < -0.39 is 11.7 Å². The van der Waals surface area contributed by atoms with E-state index in [-0.39, 0.29) is 11.9 Å². The minimum atomic E-state index is -0.528. The Morgan fingerprint density at radius 2 is 1.90 bits per heavy atom. The van der Waals surface area contributed by atoms with Gasteiger partial charge in [0.25, 0.3) is 0 Å². The normalized spacial score (nSPS) is 13.7. The van der Waals surface area contributed by atoms with Crippen molar-refractivity contribution in [1.82, 2.24) is 5.32 Å². The molecule has 1 aromatic carbocycles. The number of hydrogen-bond donors (Lipinski definition) is 3. The summed E-state index contributed by atoms with van der Waals surface area (Å²) in [7, 11) is 0. The third-order valence-corrected chi connectivity index (χ3v) is 2.55. The maximum atomic E-state index is 11.7. The predicted octanol–water partition coefficient (Wildman–Crippen LogP) is 2.37. The standard InChI is InChI=1S/C14H21N3O3/c1-9(16-13(18)20-14(2,3)4)10-5-7-11(8-6-10)12(15)17-19/h5-9,19H,1-4H3,(H2,15,17)(H,16,18). The Bertz CT molecular complexity index is 489. The first-order chi connectivity index (χ1) is 9.23. The number of rotatable bonds is 3. The van der Waals surface area contributed by atoms with E-state index in [1.165, 1.54) is 0 Å². The van der Waals surface area contributed by atoms with Gasteiger partial charge in [-0.25, -0.2) is 4.79 Å². The van der Waals surface area contributed by atoms with Crippen LogP contribution in [-0.4, -0.2) is 22.7 Å². The van der Waals surface area contributed by atoms with Crippen LogP contribution < -0.4 is 11.1 Å². The molecule has 110 valence electrons. The number of hydrogen-bond acceptors (Lipinski definition) is 4. The van der Waals surface area contributed by atoms with Crippen molar-refractivity contribution in [3.63, 3.8) is 0 Å². The molecule has 0 saturated heterocycles.